The fourth-order valence-corrected chi connectivity index (χ4v) is 3.99. The summed E-state index contributed by atoms with van der Waals surface area (Å²) in [6.45, 7) is 4.93. The van der Waals surface area contributed by atoms with Crippen LogP contribution < -0.4 is 0 Å². The van der Waals surface area contributed by atoms with Crippen molar-refractivity contribution in [2.24, 2.45) is 5.92 Å². The first-order chi connectivity index (χ1) is 12.6. The van der Waals surface area contributed by atoms with E-state index in [1.54, 1.807) is 17.8 Å². The van der Waals surface area contributed by atoms with Crippen LogP contribution in [0.2, 0.25) is 0 Å². The number of benzene rings is 2. The molecule has 2 aromatic rings. The number of hydrogen-bond donors (Lipinski definition) is 0. The molecule has 1 aliphatic rings. The molecule has 0 spiro atoms. The average molecular weight is 365 g/mol. The molecule has 0 aliphatic carbocycles. The summed E-state index contributed by atoms with van der Waals surface area (Å²) in [6, 6.07) is 15.2. The Labute approximate surface area is 159 Å². The number of ketones is 1. The second-order valence-corrected chi connectivity index (χ2v) is 7.33. The Morgan fingerprint density at radius 2 is 1.88 bits per heavy atom. The van der Waals surface area contributed by atoms with Crippen LogP contribution in [0.5, 0.6) is 0 Å². The molecule has 1 atom stereocenters. The molecule has 4 heteroatoms. The largest absolute Gasteiger partial charge is 0.338 e. The van der Waals surface area contributed by atoms with Gasteiger partial charge in [-0.05, 0) is 42.9 Å². The number of thioether (sulfide) groups is 1. The zero-order chi connectivity index (χ0) is 18.5. The molecule has 26 heavy (non-hydrogen) atoms. The summed E-state index contributed by atoms with van der Waals surface area (Å²) in [6.07, 6.45) is 5.43. The molecule has 0 radical (unpaired) electrons. The predicted octanol–water partition coefficient (Wildman–Crippen LogP) is 4.79. The summed E-state index contributed by atoms with van der Waals surface area (Å²) < 4.78 is 0. The number of carbonyl (C=O) groups excluding carboxylic acids is 2. The third kappa shape index (κ3) is 3.91. The molecule has 2 aromatic carbocycles. The molecular formula is C22H23NO2S. The highest BCUT2D eigenvalue weighted by Gasteiger charge is 2.30. The van der Waals surface area contributed by atoms with E-state index in [0.717, 1.165) is 28.9 Å². The Bertz CT molecular complexity index is 813. The summed E-state index contributed by atoms with van der Waals surface area (Å²) in [5, 5.41) is 0. The molecular weight excluding hydrogens is 342 g/mol. The maximum Gasteiger partial charge on any atom is 0.253 e. The molecule has 3 nitrogen and oxygen atoms in total. The first-order valence-corrected chi connectivity index (χ1v) is 10.1. The lowest BCUT2D eigenvalue weighted by Gasteiger charge is -2.32. The lowest BCUT2D eigenvalue weighted by Crippen LogP contribution is -2.42. The maximum absolute atomic E-state index is 13.0. The number of hydrogen-bond acceptors (Lipinski definition) is 3. The van der Waals surface area contributed by atoms with Gasteiger partial charge < -0.3 is 4.90 Å². The number of rotatable bonds is 5. The molecule has 1 saturated heterocycles. The van der Waals surface area contributed by atoms with Gasteiger partial charge in [0, 0.05) is 35.0 Å². The lowest BCUT2D eigenvalue weighted by molar-refractivity contribution is 0.0636. The average Bonchev–Trinajstić information content (AvgIpc) is 2.72. The number of nitrogens with zero attached hydrogens (tertiary/aromatic N) is 1. The van der Waals surface area contributed by atoms with Crippen LogP contribution in [0.15, 0.2) is 60.0 Å². The molecule has 0 aromatic heterocycles. The van der Waals surface area contributed by atoms with Crippen molar-refractivity contribution >= 4 is 29.5 Å². The fourth-order valence-electron chi connectivity index (χ4n) is 3.39. The highest BCUT2D eigenvalue weighted by atomic mass is 32.2. The van der Waals surface area contributed by atoms with Gasteiger partial charge >= 0.3 is 0 Å². The van der Waals surface area contributed by atoms with Gasteiger partial charge in [0.2, 0.25) is 0 Å². The summed E-state index contributed by atoms with van der Waals surface area (Å²) in [5.74, 6) is 0.0131. The summed E-state index contributed by atoms with van der Waals surface area (Å²) >= 11 is 1.59. The molecule has 134 valence electrons. The van der Waals surface area contributed by atoms with Crippen LogP contribution in [0.1, 0.15) is 39.1 Å². The first kappa shape index (κ1) is 18.5. The minimum atomic E-state index is -0.131. The topological polar surface area (TPSA) is 37.4 Å². The molecule has 1 aliphatic heterocycles. The molecule has 1 amide bonds. The van der Waals surface area contributed by atoms with E-state index in [4.69, 9.17) is 0 Å². The quantitative estimate of drug-likeness (QED) is 0.565. The fraction of sp³-hybridized carbons (Fsp3) is 0.273. The van der Waals surface area contributed by atoms with Crippen LogP contribution in [0, 0.1) is 5.92 Å². The number of amides is 1. The first-order valence-electron chi connectivity index (χ1n) is 8.83. The molecule has 3 rings (SSSR count). The molecule has 0 N–H and O–H groups in total. The zero-order valence-corrected chi connectivity index (χ0v) is 15.8. The second kappa shape index (κ2) is 8.37. The highest BCUT2D eigenvalue weighted by molar-refractivity contribution is 7.98. The third-order valence-electron chi connectivity index (χ3n) is 4.85. The van der Waals surface area contributed by atoms with Crippen molar-refractivity contribution < 1.29 is 9.59 Å². The van der Waals surface area contributed by atoms with Crippen LogP contribution in [-0.2, 0) is 0 Å². The van der Waals surface area contributed by atoms with E-state index in [-0.39, 0.29) is 17.6 Å². The predicted molar refractivity (Wildman–Crippen MR) is 108 cm³/mol. The Morgan fingerprint density at radius 1 is 1.15 bits per heavy atom. The van der Waals surface area contributed by atoms with Gasteiger partial charge in [0.05, 0.1) is 0 Å². The molecule has 1 fully saturated rings. The summed E-state index contributed by atoms with van der Waals surface area (Å²) in [7, 11) is 0. The van der Waals surface area contributed by atoms with Gasteiger partial charge in [0.15, 0.2) is 5.78 Å². The smallest absolute Gasteiger partial charge is 0.253 e. The van der Waals surface area contributed by atoms with Crippen molar-refractivity contribution in [3.8, 4) is 0 Å². The normalized spacial score (nSPS) is 17.0. The highest BCUT2D eigenvalue weighted by Crippen LogP contribution is 2.27. The van der Waals surface area contributed by atoms with Crippen LogP contribution in [0.3, 0.4) is 0 Å². The molecule has 0 unspecified atom stereocenters. The molecule has 1 heterocycles. The number of likely N-dealkylation sites (tertiary alicyclic amines) is 1. The monoisotopic (exact) mass is 365 g/mol. The van der Waals surface area contributed by atoms with Crippen LogP contribution >= 0.6 is 11.8 Å². The maximum atomic E-state index is 13.0. The second-order valence-electron chi connectivity index (χ2n) is 6.48. The van der Waals surface area contributed by atoms with Crippen molar-refractivity contribution in [2.75, 3.05) is 19.3 Å². The van der Waals surface area contributed by atoms with Gasteiger partial charge in [0.25, 0.3) is 5.91 Å². The lowest BCUT2D eigenvalue weighted by atomic mass is 9.89. The minimum absolute atomic E-state index is 0.00346. The van der Waals surface area contributed by atoms with E-state index in [2.05, 4.69) is 6.58 Å². The van der Waals surface area contributed by atoms with Crippen molar-refractivity contribution in [2.45, 2.75) is 17.7 Å². The van der Waals surface area contributed by atoms with Gasteiger partial charge in [-0.2, -0.15) is 0 Å². The van der Waals surface area contributed by atoms with Crippen molar-refractivity contribution in [3.63, 3.8) is 0 Å². The van der Waals surface area contributed by atoms with Crippen LogP contribution in [-0.4, -0.2) is 35.9 Å². The van der Waals surface area contributed by atoms with Crippen LogP contribution in [0.25, 0.3) is 6.08 Å². The van der Waals surface area contributed by atoms with Gasteiger partial charge in [-0.15, -0.1) is 11.8 Å². The van der Waals surface area contributed by atoms with Crippen LogP contribution in [0.4, 0.5) is 0 Å². The van der Waals surface area contributed by atoms with Crippen molar-refractivity contribution in [3.05, 3.63) is 71.8 Å². The van der Waals surface area contributed by atoms with Gasteiger partial charge in [-0.25, -0.2) is 0 Å². The van der Waals surface area contributed by atoms with Crippen molar-refractivity contribution in [1.29, 1.82) is 0 Å². The minimum Gasteiger partial charge on any atom is -0.338 e. The van der Waals surface area contributed by atoms with E-state index in [1.807, 2.05) is 59.7 Å². The van der Waals surface area contributed by atoms with E-state index >= 15 is 0 Å². The summed E-state index contributed by atoms with van der Waals surface area (Å²) in [4.78, 5) is 28.6. The Hall–Kier alpha value is -2.33. The van der Waals surface area contributed by atoms with E-state index in [0.29, 0.717) is 18.7 Å². The Kier molecular flexibility index (Phi) is 5.94. The molecule has 0 bridgehead atoms. The molecule has 0 saturated carbocycles. The third-order valence-corrected chi connectivity index (χ3v) is 5.64. The number of carbonyl (C=O) groups is 2. The van der Waals surface area contributed by atoms with Gasteiger partial charge in [0.1, 0.15) is 0 Å². The Morgan fingerprint density at radius 3 is 2.58 bits per heavy atom. The van der Waals surface area contributed by atoms with Gasteiger partial charge in [-0.1, -0.05) is 43.0 Å². The SMILES string of the molecule is C=Cc1ccc(C(=O)N2CCC[C@H](C(=O)c3ccccc3SC)C2)cc1. The Balaban J connectivity index is 1.75. The van der Waals surface area contributed by atoms with E-state index in [9.17, 15) is 9.59 Å². The van der Waals surface area contributed by atoms with E-state index < -0.39 is 0 Å². The van der Waals surface area contributed by atoms with Gasteiger partial charge in [-0.3, -0.25) is 9.59 Å². The number of piperidine rings is 1. The van der Waals surface area contributed by atoms with E-state index in [1.165, 1.54) is 0 Å². The van der Waals surface area contributed by atoms with Crippen molar-refractivity contribution in [1.82, 2.24) is 4.90 Å². The standard InChI is InChI=1S/C22H23NO2S/c1-3-16-10-12-17(13-11-16)22(25)23-14-6-7-18(15-23)21(24)19-8-4-5-9-20(19)26-2/h3-5,8-13,18H,1,6-7,14-15H2,2H3/t18-/m0/s1. The zero-order valence-electron chi connectivity index (χ0n) is 15.0. The number of Topliss-reactive ketones (excluding diaryl/α,β-unsaturated/α-hetero) is 1. The summed E-state index contributed by atoms with van der Waals surface area (Å²) in [5.41, 5.74) is 2.42.